The van der Waals surface area contributed by atoms with Gasteiger partial charge in [-0.25, -0.2) is 0 Å². The molecule has 0 saturated carbocycles. The van der Waals surface area contributed by atoms with Gasteiger partial charge in [0.25, 0.3) is 0 Å². The summed E-state index contributed by atoms with van der Waals surface area (Å²) in [5, 5.41) is 7.72. The van der Waals surface area contributed by atoms with Gasteiger partial charge in [0.1, 0.15) is 0 Å². The third-order valence-electron chi connectivity index (χ3n) is 1.55. The van der Waals surface area contributed by atoms with Crippen LogP contribution in [0.4, 0.5) is 5.82 Å². The lowest BCUT2D eigenvalue weighted by Crippen LogP contribution is -1.83. The van der Waals surface area contributed by atoms with E-state index in [1.807, 2.05) is 18.2 Å². The maximum Gasteiger partial charge on any atom is 0.153 e. The van der Waals surface area contributed by atoms with Gasteiger partial charge in [-0.1, -0.05) is 0 Å². The van der Waals surface area contributed by atoms with Crippen LogP contribution < -0.4 is 5.73 Å². The van der Waals surface area contributed by atoms with E-state index in [0.29, 0.717) is 5.82 Å². The minimum atomic E-state index is 0. The Morgan fingerprint density at radius 2 is 2.17 bits per heavy atom. The number of H-pyrrole nitrogens is 1. The number of hydrogen-bond acceptors (Lipinski definition) is 2. The van der Waals surface area contributed by atoms with Gasteiger partial charge < -0.3 is 5.73 Å². The normalized spacial score (nSPS) is 9.75. The SMILES string of the molecule is Cl.Nc1n[nH]c2ccc(I)cc12. The zero-order valence-electron chi connectivity index (χ0n) is 6.04. The third kappa shape index (κ3) is 1.49. The quantitative estimate of drug-likeness (QED) is 0.732. The molecule has 64 valence electrons. The number of aromatic nitrogens is 2. The maximum absolute atomic E-state index is 5.60. The van der Waals surface area contributed by atoms with Gasteiger partial charge in [0.2, 0.25) is 0 Å². The van der Waals surface area contributed by atoms with Crippen molar-refractivity contribution < 1.29 is 0 Å². The molecule has 0 atom stereocenters. The Labute approximate surface area is 89.3 Å². The van der Waals surface area contributed by atoms with Gasteiger partial charge >= 0.3 is 0 Å². The van der Waals surface area contributed by atoms with E-state index < -0.39 is 0 Å². The Morgan fingerprint density at radius 3 is 2.92 bits per heavy atom. The second kappa shape index (κ2) is 3.49. The van der Waals surface area contributed by atoms with E-state index in [9.17, 15) is 0 Å². The molecule has 1 aromatic heterocycles. The molecule has 0 amide bonds. The average molecular weight is 296 g/mol. The summed E-state index contributed by atoms with van der Waals surface area (Å²) in [6, 6.07) is 6.00. The Kier molecular flexibility index (Phi) is 2.79. The van der Waals surface area contributed by atoms with Crippen LogP contribution in [0.25, 0.3) is 10.9 Å². The van der Waals surface area contributed by atoms with Gasteiger partial charge in [0.05, 0.1) is 5.52 Å². The highest BCUT2D eigenvalue weighted by molar-refractivity contribution is 14.1. The summed E-state index contributed by atoms with van der Waals surface area (Å²) < 4.78 is 1.17. The highest BCUT2D eigenvalue weighted by Crippen LogP contribution is 2.19. The molecule has 2 rings (SSSR count). The van der Waals surface area contributed by atoms with E-state index in [-0.39, 0.29) is 12.4 Å². The van der Waals surface area contributed by atoms with Crippen molar-refractivity contribution in [2.45, 2.75) is 0 Å². The van der Waals surface area contributed by atoms with Crippen molar-refractivity contribution in [2.24, 2.45) is 0 Å². The Morgan fingerprint density at radius 1 is 1.42 bits per heavy atom. The lowest BCUT2D eigenvalue weighted by atomic mass is 10.2. The molecule has 0 aliphatic rings. The fourth-order valence-electron chi connectivity index (χ4n) is 1.01. The fraction of sp³-hybridized carbons (Fsp3) is 0. The molecule has 0 saturated heterocycles. The highest BCUT2D eigenvalue weighted by Gasteiger charge is 2.00. The topological polar surface area (TPSA) is 54.7 Å². The zero-order chi connectivity index (χ0) is 7.84. The summed E-state index contributed by atoms with van der Waals surface area (Å²) in [6.07, 6.45) is 0. The molecule has 2 aromatic rings. The number of nitrogen functional groups attached to an aromatic ring is 1. The minimum Gasteiger partial charge on any atom is -0.382 e. The van der Waals surface area contributed by atoms with E-state index >= 15 is 0 Å². The van der Waals surface area contributed by atoms with Crippen LogP contribution in [0.5, 0.6) is 0 Å². The summed E-state index contributed by atoms with van der Waals surface area (Å²) in [4.78, 5) is 0. The Bertz CT molecular complexity index is 398. The molecule has 0 unspecified atom stereocenters. The number of nitrogens with zero attached hydrogens (tertiary/aromatic N) is 1. The molecule has 12 heavy (non-hydrogen) atoms. The molecule has 0 aliphatic heterocycles. The first kappa shape index (κ1) is 9.60. The predicted octanol–water partition coefficient (Wildman–Crippen LogP) is 2.17. The van der Waals surface area contributed by atoms with Crippen molar-refractivity contribution in [3.63, 3.8) is 0 Å². The number of nitrogens with one attached hydrogen (secondary N) is 1. The number of halogens is 2. The third-order valence-corrected chi connectivity index (χ3v) is 2.23. The zero-order valence-corrected chi connectivity index (χ0v) is 9.02. The summed E-state index contributed by atoms with van der Waals surface area (Å²) in [5.74, 6) is 0.568. The van der Waals surface area contributed by atoms with E-state index in [2.05, 4.69) is 32.8 Å². The van der Waals surface area contributed by atoms with Crippen molar-refractivity contribution >= 4 is 51.7 Å². The monoisotopic (exact) mass is 295 g/mol. The van der Waals surface area contributed by atoms with E-state index in [1.165, 1.54) is 3.57 Å². The molecule has 1 aromatic carbocycles. The number of hydrogen-bond donors (Lipinski definition) is 2. The molecule has 0 radical (unpaired) electrons. The molecule has 3 N–H and O–H groups in total. The van der Waals surface area contributed by atoms with Crippen LogP contribution in [0.3, 0.4) is 0 Å². The predicted molar refractivity (Wildman–Crippen MR) is 60.5 cm³/mol. The first-order chi connectivity index (χ1) is 5.27. The summed E-state index contributed by atoms with van der Waals surface area (Å²) in [6.45, 7) is 0. The van der Waals surface area contributed by atoms with Gasteiger partial charge in [0, 0.05) is 8.96 Å². The molecule has 0 fully saturated rings. The summed E-state index contributed by atoms with van der Waals surface area (Å²) in [5.41, 5.74) is 6.59. The van der Waals surface area contributed by atoms with Crippen LogP contribution in [-0.4, -0.2) is 10.2 Å². The standard InChI is InChI=1S/C7H6IN3.ClH/c8-4-1-2-6-5(3-4)7(9)11-10-6;/h1-3H,(H3,9,10,11);1H. The molecular formula is C7H7ClIN3. The van der Waals surface area contributed by atoms with E-state index in [4.69, 9.17) is 5.73 Å². The summed E-state index contributed by atoms with van der Waals surface area (Å²) in [7, 11) is 0. The smallest absolute Gasteiger partial charge is 0.153 e. The number of aromatic amines is 1. The highest BCUT2D eigenvalue weighted by atomic mass is 127. The maximum atomic E-state index is 5.60. The first-order valence-corrected chi connectivity index (χ1v) is 4.24. The lowest BCUT2D eigenvalue weighted by molar-refractivity contribution is 1.13. The van der Waals surface area contributed by atoms with Crippen LogP contribution >= 0.6 is 35.0 Å². The second-order valence-corrected chi connectivity index (χ2v) is 3.54. The number of rotatable bonds is 0. The molecule has 0 aliphatic carbocycles. The molecule has 1 heterocycles. The van der Waals surface area contributed by atoms with Gasteiger partial charge in [-0.05, 0) is 40.8 Å². The molecule has 0 spiro atoms. The van der Waals surface area contributed by atoms with Crippen molar-refractivity contribution in [3.05, 3.63) is 21.8 Å². The number of fused-ring (bicyclic) bond motifs is 1. The van der Waals surface area contributed by atoms with Crippen molar-refractivity contribution in [1.82, 2.24) is 10.2 Å². The number of anilines is 1. The minimum absolute atomic E-state index is 0. The molecular weight excluding hydrogens is 288 g/mol. The van der Waals surface area contributed by atoms with Crippen molar-refractivity contribution in [2.75, 3.05) is 5.73 Å². The van der Waals surface area contributed by atoms with E-state index in [1.54, 1.807) is 0 Å². The average Bonchev–Trinajstić information content (AvgIpc) is 2.33. The number of benzene rings is 1. The van der Waals surface area contributed by atoms with Crippen LogP contribution in [0.15, 0.2) is 18.2 Å². The Balaban J connectivity index is 0.000000720. The first-order valence-electron chi connectivity index (χ1n) is 3.16. The van der Waals surface area contributed by atoms with Gasteiger partial charge in [-0.15, -0.1) is 12.4 Å². The largest absolute Gasteiger partial charge is 0.382 e. The fourth-order valence-corrected chi connectivity index (χ4v) is 1.50. The van der Waals surface area contributed by atoms with Crippen LogP contribution in [0.2, 0.25) is 0 Å². The van der Waals surface area contributed by atoms with Crippen molar-refractivity contribution in [1.29, 1.82) is 0 Å². The lowest BCUT2D eigenvalue weighted by Gasteiger charge is -1.89. The van der Waals surface area contributed by atoms with Crippen molar-refractivity contribution in [3.8, 4) is 0 Å². The Hall–Kier alpha value is -0.490. The summed E-state index contributed by atoms with van der Waals surface area (Å²) >= 11 is 2.24. The van der Waals surface area contributed by atoms with Gasteiger partial charge in [-0.3, -0.25) is 5.10 Å². The van der Waals surface area contributed by atoms with Gasteiger partial charge in [-0.2, -0.15) is 5.10 Å². The molecule has 5 heteroatoms. The molecule has 0 bridgehead atoms. The molecule has 3 nitrogen and oxygen atoms in total. The van der Waals surface area contributed by atoms with E-state index in [0.717, 1.165) is 10.9 Å². The van der Waals surface area contributed by atoms with Crippen LogP contribution in [0.1, 0.15) is 0 Å². The van der Waals surface area contributed by atoms with Gasteiger partial charge in [0.15, 0.2) is 5.82 Å². The van der Waals surface area contributed by atoms with Crippen LogP contribution in [0, 0.1) is 3.57 Å². The number of nitrogens with two attached hydrogens (primary N) is 1. The van der Waals surface area contributed by atoms with Crippen LogP contribution in [-0.2, 0) is 0 Å². The second-order valence-electron chi connectivity index (χ2n) is 2.30.